The highest BCUT2D eigenvalue weighted by atomic mass is 19.1. The second-order valence-corrected chi connectivity index (χ2v) is 8.62. The molecule has 0 saturated carbocycles. The van der Waals surface area contributed by atoms with E-state index in [9.17, 15) is 13.6 Å². The van der Waals surface area contributed by atoms with E-state index in [2.05, 4.69) is 20.1 Å². The molecule has 3 aromatic rings. The number of hydrogen-bond donors (Lipinski definition) is 2. The third-order valence-corrected chi connectivity index (χ3v) is 6.80. The molecule has 3 N–H and O–H groups in total. The molecule has 0 radical (unpaired) electrons. The van der Waals surface area contributed by atoms with Crippen LogP contribution in [-0.4, -0.2) is 51.6 Å². The normalized spacial score (nSPS) is 23.2. The molecule has 0 bridgehead atoms. The highest BCUT2D eigenvalue weighted by Crippen LogP contribution is 2.41. The summed E-state index contributed by atoms with van der Waals surface area (Å²) >= 11 is 0. The van der Waals surface area contributed by atoms with Crippen molar-refractivity contribution in [2.45, 2.75) is 31.9 Å². The molecule has 5 rings (SSSR count). The summed E-state index contributed by atoms with van der Waals surface area (Å²) in [6.07, 6.45) is 1.74. The number of nitrogens with two attached hydrogens (primary N) is 1. The van der Waals surface area contributed by atoms with E-state index in [0.717, 1.165) is 31.0 Å². The number of fused-ring (bicyclic) bond motifs is 1. The second-order valence-electron chi connectivity index (χ2n) is 8.62. The average molecular weight is 430 g/mol. The monoisotopic (exact) mass is 430 g/mol. The number of ether oxygens (including phenoxy) is 1. The van der Waals surface area contributed by atoms with E-state index < -0.39 is 11.6 Å². The number of nitrogens with one attached hydrogen (secondary N) is 1. The molecule has 2 saturated heterocycles. The highest BCUT2D eigenvalue weighted by Gasteiger charge is 2.47. The van der Waals surface area contributed by atoms with Gasteiger partial charge in [0.25, 0.3) is 5.56 Å². The maximum absolute atomic E-state index is 13.7. The average Bonchev–Trinajstić information content (AvgIpc) is 3.28. The van der Waals surface area contributed by atoms with E-state index in [1.807, 2.05) is 6.92 Å². The molecule has 2 fully saturated rings. The Bertz CT molecular complexity index is 1190. The Labute approximate surface area is 177 Å². The zero-order chi connectivity index (χ0) is 21.9. The van der Waals surface area contributed by atoms with Gasteiger partial charge < -0.3 is 15.4 Å². The molecule has 0 unspecified atom stereocenters. The van der Waals surface area contributed by atoms with E-state index in [1.165, 1.54) is 4.57 Å². The van der Waals surface area contributed by atoms with Crippen molar-refractivity contribution in [3.63, 3.8) is 0 Å². The van der Waals surface area contributed by atoms with Crippen LogP contribution in [0.25, 0.3) is 22.3 Å². The number of aromatic nitrogens is 4. The third-order valence-electron chi connectivity index (χ3n) is 6.80. The lowest BCUT2D eigenvalue weighted by atomic mass is 9.73. The molecule has 1 spiro atoms. The van der Waals surface area contributed by atoms with E-state index in [1.54, 1.807) is 7.05 Å². The fourth-order valence-electron chi connectivity index (χ4n) is 4.86. The van der Waals surface area contributed by atoms with Gasteiger partial charge >= 0.3 is 0 Å². The van der Waals surface area contributed by atoms with Gasteiger partial charge in [-0.05, 0) is 31.9 Å². The van der Waals surface area contributed by atoms with Crippen molar-refractivity contribution in [3.05, 3.63) is 40.2 Å². The van der Waals surface area contributed by atoms with Gasteiger partial charge in [0.05, 0.1) is 12.7 Å². The summed E-state index contributed by atoms with van der Waals surface area (Å²) < 4.78 is 34.6. The summed E-state index contributed by atoms with van der Waals surface area (Å²) in [7, 11) is 1.64. The molecule has 0 amide bonds. The summed E-state index contributed by atoms with van der Waals surface area (Å²) in [5.74, 6) is -0.954. The van der Waals surface area contributed by atoms with E-state index in [0.29, 0.717) is 25.6 Å². The van der Waals surface area contributed by atoms with Crippen LogP contribution < -0.4 is 16.2 Å². The predicted octanol–water partition coefficient (Wildman–Crippen LogP) is 1.93. The number of rotatable bonds is 2. The first-order valence-corrected chi connectivity index (χ1v) is 10.3. The Balaban J connectivity index is 1.50. The largest absolute Gasteiger partial charge is 0.376 e. The maximum Gasteiger partial charge on any atom is 0.266 e. The number of nitrogens with zero attached hydrogens (tertiary/aromatic N) is 4. The number of halogens is 2. The molecule has 10 heteroatoms. The summed E-state index contributed by atoms with van der Waals surface area (Å²) in [6.45, 7) is 4.06. The standard InChI is InChI=1S/C21H24F2N6O2/c1-11-17(24)21(10-31-11)3-5-29(6-4-21)20-25-18-15(19(30)28(20)2)16(26-27-18)12-7-13(22)9-14(23)8-12/h7-9,11,17H,3-6,10,24H2,1-2H3,(H,26,27)/t11-,17+/m0/s1. The van der Waals surface area contributed by atoms with Crippen LogP contribution >= 0.6 is 0 Å². The Kier molecular flexibility index (Phi) is 4.60. The first-order valence-electron chi connectivity index (χ1n) is 10.3. The number of piperidine rings is 1. The van der Waals surface area contributed by atoms with Crippen LogP contribution in [0.3, 0.4) is 0 Å². The molecule has 2 aliphatic rings. The van der Waals surface area contributed by atoms with Gasteiger partial charge in [-0.25, -0.2) is 8.78 Å². The lowest BCUT2D eigenvalue weighted by molar-refractivity contribution is 0.0973. The van der Waals surface area contributed by atoms with Crippen molar-refractivity contribution in [2.75, 3.05) is 24.6 Å². The molecule has 2 atom stereocenters. The molecule has 1 aromatic carbocycles. The fourth-order valence-corrected chi connectivity index (χ4v) is 4.86. The number of H-pyrrole nitrogens is 1. The van der Waals surface area contributed by atoms with E-state index in [-0.39, 0.29) is 45.4 Å². The second kappa shape index (κ2) is 7.10. The number of hydrogen-bond acceptors (Lipinski definition) is 6. The summed E-state index contributed by atoms with van der Waals surface area (Å²) in [5, 5.41) is 7.07. The third kappa shape index (κ3) is 3.12. The van der Waals surface area contributed by atoms with Gasteiger partial charge in [0.2, 0.25) is 5.95 Å². The van der Waals surface area contributed by atoms with Gasteiger partial charge in [-0.3, -0.25) is 14.5 Å². The Hall–Kier alpha value is -2.85. The smallest absolute Gasteiger partial charge is 0.266 e. The van der Waals surface area contributed by atoms with Crippen LogP contribution in [0.1, 0.15) is 19.8 Å². The Morgan fingerprint density at radius 3 is 2.52 bits per heavy atom. The highest BCUT2D eigenvalue weighted by molar-refractivity contribution is 5.90. The molecule has 164 valence electrons. The molecular weight excluding hydrogens is 406 g/mol. The lowest BCUT2D eigenvalue weighted by Gasteiger charge is -2.41. The number of anilines is 1. The minimum atomic E-state index is -0.738. The summed E-state index contributed by atoms with van der Waals surface area (Å²) in [6, 6.07) is 3.06. The van der Waals surface area contributed by atoms with E-state index >= 15 is 0 Å². The van der Waals surface area contributed by atoms with Crippen LogP contribution in [0.15, 0.2) is 23.0 Å². The van der Waals surface area contributed by atoms with Crippen molar-refractivity contribution in [1.29, 1.82) is 0 Å². The van der Waals surface area contributed by atoms with Gasteiger partial charge in [-0.15, -0.1) is 0 Å². The van der Waals surface area contributed by atoms with Crippen LogP contribution in [0, 0.1) is 17.0 Å². The molecule has 4 heterocycles. The summed E-state index contributed by atoms with van der Waals surface area (Å²) in [5.41, 5.74) is 6.67. The first-order chi connectivity index (χ1) is 14.8. The van der Waals surface area contributed by atoms with Gasteiger partial charge in [-0.2, -0.15) is 10.1 Å². The Morgan fingerprint density at radius 2 is 1.90 bits per heavy atom. The van der Waals surface area contributed by atoms with Gasteiger partial charge in [0.1, 0.15) is 22.7 Å². The number of benzene rings is 1. The minimum absolute atomic E-state index is 0.00395. The zero-order valence-corrected chi connectivity index (χ0v) is 17.4. The molecule has 8 nitrogen and oxygen atoms in total. The van der Waals surface area contributed by atoms with E-state index in [4.69, 9.17) is 10.5 Å². The quantitative estimate of drug-likeness (QED) is 0.644. The fraction of sp³-hybridized carbons (Fsp3) is 0.476. The van der Waals surface area contributed by atoms with Crippen LogP contribution in [0.5, 0.6) is 0 Å². The van der Waals surface area contributed by atoms with Crippen molar-refractivity contribution in [3.8, 4) is 11.3 Å². The molecule has 31 heavy (non-hydrogen) atoms. The lowest BCUT2D eigenvalue weighted by Crippen LogP contribution is -2.51. The van der Waals surface area contributed by atoms with Crippen LogP contribution in [0.4, 0.5) is 14.7 Å². The van der Waals surface area contributed by atoms with Crippen LogP contribution in [-0.2, 0) is 11.8 Å². The van der Waals surface area contributed by atoms with Crippen molar-refractivity contribution >= 4 is 17.0 Å². The molecule has 2 aliphatic heterocycles. The molecule has 2 aromatic heterocycles. The van der Waals surface area contributed by atoms with Gasteiger partial charge in [-0.1, -0.05) is 0 Å². The minimum Gasteiger partial charge on any atom is -0.376 e. The van der Waals surface area contributed by atoms with Crippen LogP contribution in [0.2, 0.25) is 0 Å². The molecular formula is C21H24F2N6O2. The SMILES string of the molecule is C[C@@H]1OCC2(CCN(c3nc4[nH]nc(-c5cc(F)cc(F)c5)c4c(=O)n3C)CC2)[C@@H]1N. The predicted molar refractivity (Wildman–Crippen MR) is 112 cm³/mol. The van der Waals surface area contributed by atoms with Crippen molar-refractivity contribution < 1.29 is 13.5 Å². The molecule has 0 aliphatic carbocycles. The maximum atomic E-state index is 13.7. The zero-order valence-electron chi connectivity index (χ0n) is 17.4. The number of aromatic amines is 1. The Morgan fingerprint density at radius 1 is 1.23 bits per heavy atom. The summed E-state index contributed by atoms with van der Waals surface area (Å²) in [4.78, 5) is 19.9. The van der Waals surface area contributed by atoms with Crippen molar-refractivity contribution in [1.82, 2.24) is 19.7 Å². The van der Waals surface area contributed by atoms with Gasteiger partial charge in [0, 0.05) is 43.2 Å². The topological polar surface area (TPSA) is 102 Å². The van der Waals surface area contributed by atoms with Gasteiger partial charge in [0.15, 0.2) is 5.65 Å². The first kappa shape index (κ1) is 20.1. The van der Waals surface area contributed by atoms with Crippen molar-refractivity contribution in [2.24, 2.45) is 18.2 Å².